The summed E-state index contributed by atoms with van der Waals surface area (Å²) in [5, 5.41) is 3.58. The molecule has 0 spiro atoms. The summed E-state index contributed by atoms with van der Waals surface area (Å²) in [6.07, 6.45) is 2.52. The molecular formula is C32H37NO4. The Morgan fingerprint density at radius 1 is 0.784 bits per heavy atom. The van der Waals surface area contributed by atoms with Gasteiger partial charge in [0.1, 0.15) is 6.61 Å². The van der Waals surface area contributed by atoms with E-state index in [9.17, 15) is 9.59 Å². The second kappa shape index (κ2) is 9.51. The zero-order valence-electron chi connectivity index (χ0n) is 22.6. The van der Waals surface area contributed by atoms with Gasteiger partial charge in [0.2, 0.25) is 0 Å². The van der Waals surface area contributed by atoms with Crippen LogP contribution in [-0.4, -0.2) is 18.2 Å². The summed E-state index contributed by atoms with van der Waals surface area (Å²) >= 11 is 0. The van der Waals surface area contributed by atoms with Crippen molar-refractivity contribution >= 4 is 11.6 Å². The number of rotatable bonds is 6. The third kappa shape index (κ3) is 5.09. The zero-order valence-corrected chi connectivity index (χ0v) is 22.6. The Kier molecular flexibility index (Phi) is 6.51. The number of Topliss-reactive ketones (excluding diaryl/α,β-unsaturated/α-hetero) is 2. The first-order chi connectivity index (χ1) is 17.6. The van der Waals surface area contributed by atoms with Gasteiger partial charge in [0.15, 0.2) is 23.1 Å². The van der Waals surface area contributed by atoms with Crippen LogP contribution in [0.5, 0.6) is 11.5 Å². The smallest absolute Gasteiger partial charge is 0.162 e. The van der Waals surface area contributed by atoms with Gasteiger partial charge >= 0.3 is 0 Å². The van der Waals surface area contributed by atoms with Crippen molar-refractivity contribution in [2.45, 2.75) is 72.8 Å². The van der Waals surface area contributed by atoms with Crippen LogP contribution < -0.4 is 14.8 Å². The summed E-state index contributed by atoms with van der Waals surface area (Å²) in [5.41, 5.74) is 5.16. The van der Waals surface area contributed by atoms with Crippen molar-refractivity contribution in [1.29, 1.82) is 0 Å². The predicted molar refractivity (Wildman–Crippen MR) is 144 cm³/mol. The lowest BCUT2D eigenvalue weighted by atomic mass is 9.64. The first kappa shape index (κ1) is 25.3. The first-order valence-electron chi connectivity index (χ1n) is 13.3. The molecule has 0 amide bonds. The molecule has 2 aliphatic carbocycles. The highest BCUT2D eigenvalue weighted by atomic mass is 16.5. The van der Waals surface area contributed by atoms with Crippen LogP contribution in [0.3, 0.4) is 0 Å². The number of carbonyl (C=O) groups excluding carboxylic acids is 2. The number of carbonyl (C=O) groups is 2. The van der Waals surface area contributed by atoms with Gasteiger partial charge in [-0.15, -0.1) is 0 Å². The quantitative estimate of drug-likeness (QED) is 0.483. The van der Waals surface area contributed by atoms with E-state index in [1.165, 1.54) is 0 Å². The van der Waals surface area contributed by atoms with E-state index < -0.39 is 0 Å². The topological polar surface area (TPSA) is 64.6 Å². The number of hydrogen-bond acceptors (Lipinski definition) is 5. The largest absolute Gasteiger partial charge is 0.490 e. The van der Waals surface area contributed by atoms with Crippen LogP contribution in [0.4, 0.5) is 0 Å². The summed E-state index contributed by atoms with van der Waals surface area (Å²) in [6, 6.07) is 15.9. The van der Waals surface area contributed by atoms with Crippen LogP contribution in [0.1, 0.15) is 77.3 Å². The summed E-state index contributed by atoms with van der Waals surface area (Å²) in [7, 11) is 0. The lowest BCUT2D eigenvalue weighted by molar-refractivity contribution is -0.119. The van der Waals surface area contributed by atoms with Crippen molar-refractivity contribution in [2.24, 2.45) is 10.8 Å². The zero-order chi connectivity index (χ0) is 26.4. The average molecular weight is 500 g/mol. The Labute approximate surface area is 219 Å². The first-order valence-corrected chi connectivity index (χ1v) is 13.3. The van der Waals surface area contributed by atoms with Crippen LogP contribution in [0.2, 0.25) is 0 Å². The third-order valence-corrected chi connectivity index (χ3v) is 7.56. The molecule has 5 rings (SSSR count). The van der Waals surface area contributed by atoms with Crippen molar-refractivity contribution in [3.05, 3.63) is 82.2 Å². The lowest BCUT2D eigenvalue weighted by Gasteiger charge is -2.44. The fourth-order valence-electron chi connectivity index (χ4n) is 6.05. The fraction of sp³-hybridized carbons (Fsp3) is 0.438. The van der Waals surface area contributed by atoms with Crippen LogP contribution >= 0.6 is 0 Å². The van der Waals surface area contributed by atoms with E-state index >= 15 is 0 Å². The molecule has 5 heteroatoms. The van der Waals surface area contributed by atoms with Crippen molar-refractivity contribution in [3.8, 4) is 11.5 Å². The molecular weight excluding hydrogens is 462 g/mol. The maximum absolute atomic E-state index is 13.6. The number of allylic oxidation sites excluding steroid dienone is 4. The van der Waals surface area contributed by atoms with Crippen LogP contribution in [0.15, 0.2) is 71.1 Å². The van der Waals surface area contributed by atoms with Gasteiger partial charge in [-0.1, -0.05) is 64.1 Å². The predicted octanol–water partition coefficient (Wildman–Crippen LogP) is 6.64. The molecule has 1 aliphatic heterocycles. The van der Waals surface area contributed by atoms with E-state index in [-0.39, 0.29) is 28.3 Å². The van der Waals surface area contributed by atoms with Gasteiger partial charge in [-0.25, -0.2) is 0 Å². The van der Waals surface area contributed by atoms with Gasteiger partial charge in [-0.2, -0.15) is 0 Å². The fourth-order valence-corrected chi connectivity index (χ4v) is 6.05. The molecule has 2 aromatic rings. The normalized spacial score (nSPS) is 20.8. The van der Waals surface area contributed by atoms with Crippen molar-refractivity contribution in [2.75, 3.05) is 6.61 Å². The van der Waals surface area contributed by atoms with Gasteiger partial charge < -0.3 is 14.8 Å². The molecule has 1 N–H and O–H groups in total. The van der Waals surface area contributed by atoms with Crippen LogP contribution in [0.25, 0.3) is 0 Å². The summed E-state index contributed by atoms with van der Waals surface area (Å²) in [6.45, 7) is 11.4. The number of nitrogens with one attached hydrogen (secondary N) is 1. The van der Waals surface area contributed by atoms with Gasteiger partial charge in [0.05, 0.1) is 6.61 Å². The third-order valence-electron chi connectivity index (χ3n) is 7.56. The molecule has 0 unspecified atom stereocenters. The molecule has 0 fully saturated rings. The van der Waals surface area contributed by atoms with Crippen LogP contribution in [-0.2, 0) is 16.2 Å². The van der Waals surface area contributed by atoms with Gasteiger partial charge in [-0.05, 0) is 53.9 Å². The molecule has 2 aromatic carbocycles. The highest BCUT2D eigenvalue weighted by molar-refractivity contribution is 6.06. The van der Waals surface area contributed by atoms with Gasteiger partial charge in [0.25, 0.3) is 0 Å². The molecule has 0 bridgehead atoms. The molecule has 194 valence electrons. The van der Waals surface area contributed by atoms with E-state index in [1.54, 1.807) is 0 Å². The molecule has 0 aromatic heterocycles. The monoisotopic (exact) mass is 499 g/mol. The molecule has 37 heavy (non-hydrogen) atoms. The lowest BCUT2D eigenvalue weighted by Crippen LogP contribution is -2.42. The minimum atomic E-state index is -0.388. The standard InChI is InChI=1S/C32H37NO4/c1-6-36-27-14-21(12-13-26(27)37-19-20-10-8-7-9-11-20)28-29-22(15-31(2,3)17-24(29)34)33-23-16-32(4,5)18-25(35)30(23)28/h7-14,28,33H,6,15-19H2,1-5H3. The van der Waals surface area contributed by atoms with Gasteiger partial charge in [-0.3, -0.25) is 9.59 Å². The highest BCUT2D eigenvalue weighted by Crippen LogP contribution is 2.51. The Hall–Kier alpha value is -3.34. The van der Waals surface area contributed by atoms with Crippen molar-refractivity contribution < 1.29 is 19.1 Å². The molecule has 0 saturated carbocycles. The molecule has 3 aliphatic rings. The van der Waals surface area contributed by atoms with Gasteiger partial charge in [0, 0.05) is 41.3 Å². The number of dihydropyridines is 1. The summed E-state index contributed by atoms with van der Waals surface area (Å²) in [4.78, 5) is 27.2. The van der Waals surface area contributed by atoms with E-state index in [1.807, 2.05) is 55.5 Å². The highest BCUT2D eigenvalue weighted by Gasteiger charge is 2.46. The SMILES string of the molecule is CCOc1cc(C2C3=C(CC(C)(C)CC3=O)NC3=C2C(=O)CC(C)(C)C3)ccc1OCc1ccccc1. The van der Waals surface area contributed by atoms with Crippen LogP contribution in [0, 0.1) is 10.8 Å². The van der Waals surface area contributed by atoms with Crippen molar-refractivity contribution in [1.82, 2.24) is 5.32 Å². The number of ether oxygens (including phenoxy) is 2. The molecule has 5 nitrogen and oxygen atoms in total. The molecule has 1 heterocycles. The maximum Gasteiger partial charge on any atom is 0.162 e. The number of hydrogen-bond donors (Lipinski definition) is 1. The summed E-state index contributed by atoms with van der Waals surface area (Å²) in [5.74, 6) is 1.14. The maximum atomic E-state index is 13.6. The molecule has 0 atom stereocenters. The second-order valence-corrected chi connectivity index (χ2v) is 12.1. The van der Waals surface area contributed by atoms with E-state index in [0.717, 1.165) is 46.5 Å². The molecule has 0 saturated heterocycles. The Morgan fingerprint density at radius 3 is 1.95 bits per heavy atom. The van der Waals surface area contributed by atoms with E-state index in [2.05, 4.69) is 33.0 Å². The van der Waals surface area contributed by atoms with E-state index in [0.29, 0.717) is 37.6 Å². The minimum Gasteiger partial charge on any atom is -0.490 e. The average Bonchev–Trinajstić information content (AvgIpc) is 2.81. The summed E-state index contributed by atoms with van der Waals surface area (Å²) < 4.78 is 12.1. The number of ketones is 2. The molecule has 0 radical (unpaired) electrons. The Morgan fingerprint density at radius 2 is 1.38 bits per heavy atom. The van der Waals surface area contributed by atoms with Crippen molar-refractivity contribution in [3.63, 3.8) is 0 Å². The second-order valence-electron chi connectivity index (χ2n) is 12.1. The Balaban J connectivity index is 1.58. The Bertz CT molecular complexity index is 1250. The van der Waals surface area contributed by atoms with E-state index in [4.69, 9.17) is 9.47 Å². The minimum absolute atomic E-state index is 0.120. The number of benzene rings is 2.